The molecule has 3 aromatic carbocycles. The first-order chi connectivity index (χ1) is 30.4. The maximum atomic E-state index is 14.3. The van der Waals surface area contributed by atoms with Crippen molar-refractivity contribution >= 4 is 35.3 Å². The van der Waals surface area contributed by atoms with Crippen LogP contribution in [0.3, 0.4) is 0 Å². The minimum Gasteiger partial charge on any atom is -0.477 e. The zero-order valence-electron chi connectivity index (χ0n) is 35.8. The van der Waals surface area contributed by atoms with Crippen molar-refractivity contribution in [2.24, 2.45) is 17.6 Å². The summed E-state index contributed by atoms with van der Waals surface area (Å²) >= 11 is 0. The first-order valence-electron chi connectivity index (χ1n) is 21.1. The number of aromatic amines is 1. The molecule has 1 aliphatic carbocycles. The quantitative estimate of drug-likeness (QED) is 0.0831. The summed E-state index contributed by atoms with van der Waals surface area (Å²) in [4.78, 5) is 71.3. The van der Waals surface area contributed by atoms with Gasteiger partial charge in [-0.05, 0) is 131 Å². The van der Waals surface area contributed by atoms with Crippen LogP contribution >= 0.6 is 0 Å². The van der Waals surface area contributed by atoms with E-state index in [0.29, 0.717) is 50.0 Å². The summed E-state index contributed by atoms with van der Waals surface area (Å²) in [6.07, 6.45) is 4.76. The molecule has 1 aromatic heterocycles. The molecule has 7 N–H and O–H groups in total. The second-order valence-electron chi connectivity index (χ2n) is 16.7. The number of H-pyrrole nitrogens is 1. The number of nitrogens with one attached hydrogen (secondary N) is 4. The summed E-state index contributed by atoms with van der Waals surface area (Å²) in [5.41, 5.74) is 9.91. The maximum absolute atomic E-state index is 14.3. The van der Waals surface area contributed by atoms with Crippen molar-refractivity contribution in [2.45, 2.75) is 75.8 Å². The van der Waals surface area contributed by atoms with E-state index in [-0.39, 0.29) is 47.9 Å². The number of carboxylic acids is 1. The molecule has 19 heteroatoms. The molecule has 1 atom stereocenters. The number of piperidine rings is 1. The largest absolute Gasteiger partial charge is 0.477 e. The van der Waals surface area contributed by atoms with Crippen LogP contribution in [0.4, 0.5) is 23.2 Å². The lowest BCUT2D eigenvalue weighted by atomic mass is 9.81. The number of amides is 4. The van der Waals surface area contributed by atoms with Crippen LogP contribution in [0, 0.1) is 18.8 Å². The number of nitrogens with two attached hydrogens (primary N) is 1. The molecule has 1 saturated carbocycles. The lowest BCUT2D eigenvalue weighted by Crippen LogP contribution is -2.48. The summed E-state index contributed by atoms with van der Waals surface area (Å²) < 4.78 is 56.0. The summed E-state index contributed by atoms with van der Waals surface area (Å²) in [7, 11) is 4.06. The van der Waals surface area contributed by atoms with E-state index >= 15 is 0 Å². The molecule has 2 heterocycles. The number of carbonyl (C=O) groups is 5. The van der Waals surface area contributed by atoms with Crippen molar-refractivity contribution in [1.82, 2.24) is 35.6 Å². The van der Waals surface area contributed by atoms with E-state index in [0.717, 1.165) is 47.9 Å². The second kappa shape index (κ2) is 20.1. The zero-order chi connectivity index (χ0) is 46.3. The van der Waals surface area contributed by atoms with Gasteiger partial charge in [0.15, 0.2) is 5.82 Å². The van der Waals surface area contributed by atoms with Crippen molar-refractivity contribution in [1.29, 1.82) is 0 Å². The van der Waals surface area contributed by atoms with Crippen LogP contribution in [0.15, 0.2) is 66.7 Å². The summed E-state index contributed by atoms with van der Waals surface area (Å²) in [6, 6.07) is 17.7. The monoisotopic (exact) mass is 891 g/mol. The average Bonchev–Trinajstić information content (AvgIpc) is 3.80. The Morgan fingerprint density at radius 3 is 2.14 bits per heavy atom. The fraction of sp³-hybridized carbons (Fsp3) is 0.444. The Bertz CT molecular complexity index is 2310. The van der Waals surface area contributed by atoms with E-state index in [1.54, 1.807) is 22.1 Å². The lowest BCUT2D eigenvalue weighted by Gasteiger charge is -2.35. The Kier molecular flexibility index (Phi) is 14.8. The van der Waals surface area contributed by atoms with E-state index in [1.165, 1.54) is 24.3 Å². The summed E-state index contributed by atoms with van der Waals surface area (Å²) in [5.74, 6) is -16.9. The number of carboxylic acid groups (broad SMARTS) is 1. The first-order valence-corrected chi connectivity index (χ1v) is 21.1. The topological polar surface area (TPSA) is 216 Å². The van der Waals surface area contributed by atoms with E-state index in [1.807, 2.05) is 51.4 Å². The Hall–Kier alpha value is -6.21. The smallest absolute Gasteiger partial charge is 0.411 e. The fourth-order valence-electron chi connectivity index (χ4n) is 8.09. The highest BCUT2D eigenvalue weighted by atomic mass is 19.3. The molecule has 4 amide bonds. The van der Waals surface area contributed by atoms with Crippen LogP contribution in [0.25, 0.3) is 22.5 Å². The van der Waals surface area contributed by atoms with Crippen LogP contribution in [-0.2, 0) is 31.5 Å². The zero-order valence-corrected chi connectivity index (χ0v) is 35.8. The van der Waals surface area contributed by atoms with E-state index < -0.39 is 41.4 Å². The van der Waals surface area contributed by atoms with Crippen molar-refractivity contribution in [3.8, 4) is 22.5 Å². The number of aryl methyl sites for hydroxylation is 1. The number of likely N-dealkylation sites (tertiary alicyclic amines) is 1. The van der Waals surface area contributed by atoms with Gasteiger partial charge in [-0.2, -0.15) is 22.7 Å². The number of hydrogen-bond donors (Lipinski definition) is 6. The highest BCUT2D eigenvalue weighted by molar-refractivity contribution is 5.98. The fourth-order valence-corrected chi connectivity index (χ4v) is 8.09. The van der Waals surface area contributed by atoms with Gasteiger partial charge >= 0.3 is 17.8 Å². The van der Waals surface area contributed by atoms with Crippen molar-refractivity contribution in [3.05, 3.63) is 89.2 Å². The predicted octanol–water partition coefficient (Wildman–Crippen LogP) is 4.97. The van der Waals surface area contributed by atoms with Gasteiger partial charge in [-0.1, -0.05) is 30.3 Å². The molecular weight excluding hydrogens is 839 g/mol. The third kappa shape index (κ3) is 10.9. The van der Waals surface area contributed by atoms with Crippen LogP contribution in [0.5, 0.6) is 0 Å². The molecule has 64 heavy (non-hydrogen) atoms. The van der Waals surface area contributed by atoms with E-state index in [4.69, 9.17) is 10.8 Å². The van der Waals surface area contributed by atoms with Crippen molar-refractivity contribution in [3.63, 3.8) is 0 Å². The molecule has 0 bridgehead atoms. The second-order valence-corrected chi connectivity index (χ2v) is 16.7. The third-order valence-corrected chi connectivity index (χ3v) is 12.2. The van der Waals surface area contributed by atoms with Crippen LogP contribution in [-0.4, -0.2) is 118 Å². The van der Waals surface area contributed by atoms with Gasteiger partial charge in [-0.25, -0.2) is 9.78 Å². The molecule has 1 saturated heterocycles. The molecule has 4 aromatic rings. The van der Waals surface area contributed by atoms with E-state index in [2.05, 4.69) is 30.9 Å². The number of halogens is 4. The molecule has 2 aliphatic rings. The maximum Gasteiger partial charge on any atom is 0.411 e. The number of alkyl halides is 4. The third-order valence-electron chi connectivity index (χ3n) is 12.2. The summed E-state index contributed by atoms with van der Waals surface area (Å²) in [5, 5.41) is 22.3. The van der Waals surface area contributed by atoms with Crippen molar-refractivity contribution < 1.29 is 46.6 Å². The average molecular weight is 892 g/mol. The van der Waals surface area contributed by atoms with Gasteiger partial charge in [0.25, 0.3) is 5.91 Å². The molecule has 342 valence electrons. The number of hydrogen-bond acceptors (Lipinski definition) is 9. The van der Waals surface area contributed by atoms with Gasteiger partial charge < -0.3 is 36.6 Å². The van der Waals surface area contributed by atoms with Gasteiger partial charge in [0.05, 0.1) is 6.54 Å². The Labute approximate surface area is 367 Å². The predicted molar refractivity (Wildman–Crippen MR) is 229 cm³/mol. The van der Waals surface area contributed by atoms with Crippen LogP contribution in [0.2, 0.25) is 0 Å². The van der Waals surface area contributed by atoms with Gasteiger partial charge in [0, 0.05) is 48.3 Å². The number of benzene rings is 3. The Balaban J connectivity index is 1.11. The number of nitrogens with zero attached hydrogens (tertiary/aromatic N) is 4. The summed E-state index contributed by atoms with van der Waals surface area (Å²) in [6.45, 7) is 3.64. The minimum atomic E-state index is -5.45. The molecule has 15 nitrogen and oxygen atoms in total. The Morgan fingerprint density at radius 2 is 1.55 bits per heavy atom. The molecule has 2 fully saturated rings. The van der Waals surface area contributed by atoms with Crippen LogP contribution in [0.1, 0.15) is 65.8 Å². The SMILES string of the molecule is Cc1cc(C(=O)NCC(=O)N2CCC(N(C)C)CC2)ccc1-c1ccc(C[C@H](NC(=O)C2CCC(CN)CC2)C(=O)Nc2ccc(-c3n[nH]c(C(F)(F)C(F)(F)C(=O)O)n3)cc2)cc1. The first kappa shape index (κ1) is 47.3. The standard InChI is InChI=1S/C45H53F4N9O6/c1-26-22-32(39(60)51-25-37(59)58-20-18-34(19-21-58)57(2)3)14-17-35(26)29-8-4-27(5-9-29)23-36(53-40(61)31-10-6-28(24-50)7-11-31)41(62)52-33-15-12-30(13-16-33)38-54-42(56-55-38)44(46,47)45(48,49)43(63)64/h4-5,8-9,12-17,22,28,31,34,36H,6-7,10-11,18-21,23-25,50H2,1-3H3,(H,51,60)(H,52,62)(H,53,61)(H,63,64)(H,54,55,56)/t28?,31?,36-/m0/s1. The van der Waals surface area contributed by atoms with Crippen molar-refractivity contribution in [2.75, 3.05) is 45.6 Å². The lowest BCUT2D eigenvalue weighted by molar-refractivity contribution is -0.231. The normalized spacial score (nSPS) is 17.7. The molecule has 0 radical (unpaired) electrons. The number of carbonyl (C=O) groups excluding carboxylic acids is 4. The van der Waals surface area contributed by atoms with Crippen LogP contribution < -0.4 is 21.7 Å². The Morgan fingerprint density at radius 1 is 0.906 bits per heavy atom. The molecule has 0 unspecified atom stereocenters. The van der Waals surface area contributed by atoms with Gasteiger partial charge in [0.2, 0.25) is 23.5 Å². The molecular formula is C45H53F4N9O6. The molecule has 6 rings (SSSR count). The van der Waals surface area contributed by atoms with Gasteiger partial charge in [0.1, 0.15) is 6.04 Å². The van der Waals surface area contributed by atoms with Gasteiger partial charge in [-0.15, -0.1) is 0 Å². The van der Waals surface area contributed by atoms with Gasteiger partial charge in [-0.3, -0.25) is 24.3 Å². The highest BCUT2D eigenvalue weighted by Gasteiger charge is 2.65. The molecule has 0 spiro atoms. The number of aliphatic carboxylic acids is 1. The number of rotatable bonds is 16. The number of anilines is 1. The van der Waals surface area contributed by atoms with E-state index in [9.17, 15) is 41.5 Å². The highest BCUT2D eigenvalue weighted by Crippen LogP contribution is 2.42. The molecule has 1 aliphatic heterocycles. The minimum absolute atomic E-state index is 0.0861. The number of aromatic nitrogens is 3.